The standard InChI is InChI=1S/C20H25N5O3/c1-15-12-19(23-20(22-15)25-10-6-2-3-7-11-25)28-14-18(27)24-21-13-16-8-4-5-9-17(16)26/h4-5,8-9,12-13,26H,2-3,6-7,10-11,14H2,1H3,(H,24,27)/b21-13+. The van der Waals surface area contributed by atoms with E-state index in [1.165, 1.54) is 19.1 Å². The predicted octanol–water partition coefficient (Wildman–Crippen LogP) is 2.40. The summed E-state index contributed by atoms with van der Waals surface area (Å²) >= 11 is 0. The molecule has 0 saturated carbocycles. The van der Waals surface area contributed by atoms with Crippen molar-refractivity contribution >= 4 is 18.1 Å². The molecule has 1 saturated heterocycles. The molecular formula is C20H25N5O3. The van der Waals surface area contributed by atoms with Gasteiger partial charge >= 0.3 is 0 Å². The molecular weight excluding hydrogens is 358 g/mol. The number of hydrogen-bond donors (Lipinski definition) is 2. The number of hydrogen-bond acceptors (Lipinski definition) is 7. The maximum absolute atomic E-state index is 11.9. The van der Waals surface area contributed by atoms with Crippen LogP contribution in [0.5, 0.6) is 11.6 Å². The smallest absolute Gasteiger partial charge is 0.278 e. The maximum Gasteiger partial charge on any atom is 0.278 e. The average Bonchev–Trinajstić information content (AvgIpc) is 2.97. The molecule has 2 heterocycles. The number of phenolic OH excluding ortho intramolecular Hbond substituents is 1. The first-order chi connectivity index (χ1) is 13.6. The van der Waals surface area contributed by atoms with Gasteiger partial charge in [-0.15, -0.1) is 0 Å². The van der Waals surface area contributed by atoms with Crippen molar-refractivity contribution in [3.63, 3.8) is 0 Å². The summed E-state index contributed by atoms with van der Waals surface area (Å²) in [6.07, 6.45) is 6.09. The topological polar surface area (TPSA) is 99.9 Å². The van der Waals surface area contributed by atoms with Crippen molar-refractivity contribution < 1.29 is 14.6 Å². The lowest BCUT2D eigenvalue weighted by molar-refractivity contribution is -0.123. The Balaban J connectivity index is 1.55. The molecule has 0 atom stereocenters. The molecule has 2 aromatic rings. The van der Waals surface area contributed by atoms with Crippen LogP contribution in [0.25, 0.3) is 0 Å². The fraction of sp³-hybridized carbons (Fsp3) is 0.400. The van der Waals surface area contributed by atoms with E-state index in [1.54, 1.807) is 30.3 Å². The first-order valence-electron chi connectivity index (χ1n) is 9.45. The van der Waals surface area contributed by atoms with Gasteiger partial charge in [-0.1, -0.05) is 25.0 Å². The fourth-order valence-corrected chi connectivity index (χ4v) is 2.95. The molecule has 8 heteroatoms. The number of carbonyl (C=O) groups is 1. The van der Waals surface area contributed by atoms with Crippen LogP contribution in [-0.2, 0) is 4.79 Å². The number of carbonyl (C=O) groups excluding carboxylic acids is 1. The van der Waals surface area contributed by atoms with Gasteiger partial charge < -0.3 is 14.7 Å². The summed E-state index contributed by atoms with van der Waals surface area (Å²) in [4.78, 5) is 23.1. The first-order valence-corrected chi connectivity index (χ1v) is 9.45. The van der Waals surface area contributed by atoms with Crippen molar-refractivity contribution in [2.75, 3.05) is 24.6 Å². The normalized spacial score (nSPS) is 14.7. The van der Waals surface area contributed by atoms with Crippen LogP contribution in [0.4, 0.5) is 5.95 Å². The zero-order valence-corrected chi connectivity index (χ0v) is 16.0. The second kappa shape index (κ2) is 9.68. The van der Waals surface area contributed by atoms with E-state index in [2.05, 4.69) is 25.4 Å². The molecule has 0 radical (unpaired) electrons. The van der Waals surface area contributed by atoms with Crippen LogP contribution in [0.2, 0.25) is 0 Å². The van der Waals surface area contributed by atoms with E-state index < -0.39 is 5.91 Å². The monoisotopic (exact) mass is 383 g/mol. The van der Waals surface area contributed by atoms with Gasteiger partial charge in [-0.2, -0.15) is 10.1 Å². The number of aromatic hydroxyl groups is 1. The van der Waals surface area contributed by atoms with Gasteiger partial charge in [0, 0.05) is 30.4 Å². The van der Waals surface area contributed by atoms with Gasteiger partial charge in [0.25, 0.3) is 5.91 Å². The Morgan fingerprint density at radius 2 is 2.00 bits per heavy atom. The third-order valence-electron chi connectivity index (χ3n) is 4.39. The van der Waals surface area contributed by atoms with Crippen molar-refractivity contribution in [3.05, 3.63) is 41.6 Å². The van der Waals surface area contributed by atoms with Gasteiger partial charge in [0.15, 0.2) is 6.61 Å². The summed E-state index contributed by atoms with van der Waals surface area (Å²) in [6.45, 7) is 3.54. The lowest BCUT2D eigenvalue weighted by Gasteiger charge is -2.20. The molecule has 1 aliphatic rings. The third-order valence-corrected chi connectivity index (χ3v) is 4.39. The molecule has 1 aromatic heterocycles. The van der Waals surface area contributed by atoms with Crippen molar-refractivity contribution in [1.82, 2.24) is 15.4 Å². The van der Waals surface area contributed by atoms with E-state index in [0.717, 1.165) is 31.6 Å². The van der Waals surface area contributed by atoms with Crippen LogP contribution in [0, 0.1) is 6.92 Å². The first kappa shape index (κ1) is 19.6. The Morgan fingerprint density at radius 1 is 1.25 bits per heavy atom. The number of para-hydroxylation sites is 1. The Bertz CT molecular complexity index is 832. The summed E-state index contributed by atoms with van der Waals surface area (Å²) < 4.78 is 5.52. The number of ether oxygens (including phenoxy) is 1. The van der Waals surface area contributed by atoms with E-state index in [-0.39, 0.29) is 12.4 Å². The highest BCUT2D eigenvalue weighted by Gasteiger charge is 2.14. The van der Waals surface area contributed by atoms with E-state index in [9.17, 15) is 9.90 Å². The summed E-state index contributed by atoms with van der Waals surface area (Å²) in [5.74, 6) is 0.690. The van der Waals surface area contributed by atoms with Crippen molar-refractivity contribution in [1.29, 1.82) is 0 Å². The highest BCUT2D eigenvalue weighted by molar-refractivity contribution is 5.85. The third kappa shape index (κ3) is 5.67. The minimum Gasteiger partial charge on any atom is -0.507 e. The van der Waals surface area contributed by atoms with Gasteiger partial charge in [0.05, 0.1) is 6.21 Å². The summed E-state index contributed by atoms with van der Waals surface area (Å²) in [5, 5.41) is 13.5. The zero-order chi connectivity index (χ0) is 19.8. The van der Waals surface area contributed by atoms with Crippen LogP contribution in [0.15, 0.2) is 35.4 Å². The molecule has 148 valence electrons. The Labute approximate surface area is 164 Å². The zero-order valence-electron chi connectivity index (χ0n) is 16.0. The van der Waals surface area contributed by atoms with E-state index in [0.29, 0.717) is 17.4 Å². The average molecular weight is 383 g/mol. The van der Waals surface area contributed by atoms with Crippen LogP contribution in [-0.4, -0.2) is 46.9 Å². The Kier molecular flexibility index (Phi) is 6.78. The summed E-state index contributed by atoms with van der Waals surface area (Å²) in [6, 6.07) is 8.43. The quantitative estimate of drug-likeness (QED) is 0.587. The van der Waals surface area contributed by atoms with E-state index >= 15 is 0 Å². The number of aryl methyl sites for hydroxylation is 1. The molecule has 8 nitrogen and oxygen atoms in total. The largest absolute Gasteiger partial charge is 0.507 e. The van der Waals surface area contributed by atoms with E-state index in [1.807, 2.05) is 6.92 Å². The van der Waals surface area contributed by atoms with Gasteiger partial charge in [-0.3, -0.25) is 4.79 Å². The highest BCUT2D eigenvalue weighted by atomic mass is 16.5. The molecule has 28 heavy (non-hydrogen) atoms. The van der Waals surface area contributed by atoms with E-state index in [4.69, 9.17) is 4.74 Å². The molecule has 0 unspecified atom stereocenters. The van der Waals surface area contributed by atoms with Crippen LogP contribution >= 0.6 is 0 Å². The minimum absolute atomic E-state index is 0.0919. The molecule has 3 rings (SSSR count). The number of aromatic nitrogens is 2. The highest BCUT2D eigenvalue weighted by Crippen LogP contribution is 2.19. The number of benzene rings is 1. The number of anilines is 1. The fourth-order valence-electron chi connectivity index (χ4n) is 2.95. The predicted molar refractivity (Wildman–Crippen MR) is 107 cm³/mol. The molecule has 0 spiro atoms. The molecule has 1 fully saturated rings. The Hall–Kier alpha value is -3.16. The minimum atomic E-state index is -0.417. The second-order valence-electron chi connectivity index (χ2n) is 6.69. The molecule has 1 aliphatic heterocycles. The maximum atomic E-state index is 11.9. The molecule has 1 amide bonds. The summed E-state index contributed by atoms with van der Waals surface area (Å²) in [5.41, 5.74) is 3.68. The molecule has 0 bridgehead atoms. The number of phenols is 1. The Morgan fingerprint density at radius 3 is 2.75 bits per heavy atom. The second-order valence-corrected chi connectivity index (χ2v) is 6.69. The van der Waals surface area contributed by atoms with Crippen LogP contribution in [0.1, 0.15) is 36.9 Å². The lowest BCUT2D eigenvalue weighted by Crippen LogP contribution is -2.27. The number of amides is 1. The van der Waals surface area contributed by atoms with Crippen molar-refractivity contribution in [2.45, 2.75) is 32.6 Å². The van der Waals surface area contributed by atoms with Gasteiger partial charge in [-0.25, -0.2) is 10.4 Å². The van der Waals surface area contributed by atoms with Crippen molar-refractivity contribution in [3.8, 4) is 11.6 Å². The van der Waals surface area contributed by atoms with Gasteiger partial charge in [0.1, 0.15) is 5.75 Å². The van der Waals surface area contributed by atoms with Gasteiger partial charge in [0.2, 0.25) is 11.8 Å². The number of nitrogens with one attached hydrogen (secondary N) is 1. The number of hydrazone groups is 1. The lowest BCUT2D eigenvalue weighted by atomic mass is 10.2. The van der Waals surface area contributed by atoms with Crippen LogP contribution in [0.3, 0.4) is 0 Å². The van der Waals surface area contributed by atoms with Gasteiger partial charge in [-0.05, 0) is 31.9 Å². The molecule has 2 N–H and O–H groups in total. The molecule has 0 aliphatic carbocycles. The number of rotatable bonds is 6. The van der Waals surface area contributed by atoms with Crippen LogP contribution < -0.4 is 15.1 Å². The number of nitrogens with zero attached hydrogens (tertiary/aromatic N) is 4. The molecule has 1 aromatic carbocycles. The SMILES string of the molecule is Cc1cc(OCC(=O)N/N=C/c2ccccc2O)nc(N2CCCCCC2)n1. The summed E-state index contributed by atoms with van der Waals surface area (Å²) in [7, 11) is 0. The van der Waals surface area contributed by atoms with Crippen molar-refractivity contribution in [2.24, 2.45) is 5.10 Å².